The van der Waals surface area contributed by atoms with Gasteiger partial charge in [0.25, 0.3) is 5.78 Å². The minimum Gasteiger partial charge on any atom is -0.477 e. The first kappa shape index (κ1) is 10.9. The van der Waals surface area contributed by atoms with Crippen molar-refractivity contribution < 1.29 is 9.90 Å². The predicted molar refractivity (Wildman–Crippen MR) is 63.8 cm³/mol. The lowest BCUT2D eigenvalue weighted by Crippen LogP contribution is -2.31. The first-order chi connectivity index (χ1) is 8.75. The van der Waals surface area contributed by atoms with Crippen molar-refractivity contribution in [2.24, 2.45) is 0 Å². The third-order valence-electron chi connectivity index (χ3n) is 3.13. The van der Waals surface area contributed by atoms with E-state index in [2.05, 4.69) is 20.0 Å². The van der Waals surface area contributed by atoms with E-state index < -0.39 is 5.97 Å². The maximum atomic E-state index is 11.1. The summed E-state index contributed by atoms with van der Waals surface area (Å²) in [6.45, 7) is 1.83. The maximum Gasteiger partial charge on any atom is 0.354 e. The number of piperidine rings is 1. The highest BCUT2D eigenvalue weighted by Crippen LogP contribution is 2.20. The van der Waals surface area contributed by atoms with E-state index in [4.69, 9.17) is 5.11 Å². The lowest BCUT2D eigenvalue weighted by molar-refractivity contribution is 0.0690. The number of rotatable bonds is 2. The lowest BCUT2D eigenvalue weighted by Gasteiger charge is -2.28. The number of aromatic carboxylic acids is 1. The zero-order valence-electron chi connectivity index (χ0n) is 9.78. The van der Waals surface area contributed by atoms with Crippen molar-refractivity contribution in [3.63, 3.8) is 0 Å². The summed E-state index contributed by atoms with van der Waals surface area (Å²) in [7, 11) is 0. The van der Waals surface area contributed by atoms with E-state index in [-0.39, 0.29) is 5.69 Å². The quantitative estimate of drug-likeness (QED) is 0.845. The number of nitrogens with zero attached hydrogens (tertiary/aromatic N) is 5. The largest absolute Gasteiger partial charge is 0.477 e. The second-order valence-corrected chi connectivity index (χ2v) is 4.32. The van der Waals surface area contributed by atoms with E-state index in [1.165, 1.54) is 12.7 Å². The number of carboxylic acids is 1. The highest BCUT2D eigenvalue weighted by Gasteiger charge is 2.18. The fourth-order valence-electron chi connectivity index (χ4n) is 2.25. The van der Waals surface area contributed by atoms with Crippen molar-refractivity contribution in [2.75, 3.05) is 18.0 Å². The third-order valence-corrected chi connectivity index (χ3v) is 3.13. The Morgan fingerprint density at radius 1 is 1.28 bits per heavy atom. The van der Waals surface area contributed by atoms with Gasteiger partial charge in [0.05, 0.1) is 0 Å². The first-order valence-corrected chi connectivity index (χ1v) is 5.95. The molecule has 18 heavy (non-hydrogen) atoms. The molecule has 7 heteroatoms. The molecule has 2 aromatic heterocycles. The average molecular weight is 247 g/mol. The molecule has 7 nitrogen and oxygen atoms in total. The molecule has 0 aromatic carbocycles. The van der Waals surface area contributed by atoms with E-state index in [1.54, 1.807) is 10.6 Å². The zero-order valence-corrected chi connectivity index (χ0v) is 9.78. The van der Waals surface area contributed by atoms with Gasteiger partial charge in [-0.2, -0.15) is 14.6 Å². The van der Waals surface area contributed by atoms with E-state index in [9.17, 15) is 4.79 Å². The van der Waals surface area contributed by atoms with Crippen molar-refractivity contribution >= 4 is 17.6 Å². The fourth-order valence-corrected chi connectivity index (χ4v) is 2.25. The summed E-state index contributed by atoms with van der Waals surface area (Å²) in [4.78, 5) is 21.1. The molecule has 94 valence electrons. The molecule has 0 saturated carbocycles. The lowest BCUT2D eigenvalue weighted by atomic mass is 10.1. The van der Waals surface area contributed by atoms with E-state index in [0.29, 0.717) is 5.78 Å². The van der Waals surface area contributed by atoms with Crippen molar-refractivity contribution in [1.82, 2.24) is 19.6 Å². The SMILES string of the molecule is O=C(O)c1cc(N2CCCCC2)n2ncnc2n1. The van der Waals surface area contributed by atoms with Crippen LogP contribution in [0.2, 0.25) is 0 Å². The molecule has 0 unspecified atom stereocenters. The van der Waals surface area contributed by atoms with E-state index in [0.717, 1.165) is 31.7 Å². The minimum atomic E-state index is -1.04. The summed E-state index contributed by atoms with van der Waals surface area (Å²) < 4.78 is 1.60. The standard InChI is InChI=1S/C11H13N5O2/c17-10(18)8-6-9(15-4-2-1-3-5-15)16-11(14-8)12-7-13-16/h6-7H,1-5H2,(H,17,18). The number of anilines is 1. The van der Waals surface area contributed by atoms with E-state index in [1.807, 2.05) is 0 Å². The van der Waals surface area contributed by atoms with Crippen LogP contribution in [0, 0.1) is 0 Å². The number of aromatic nitrogens is 4. The molecule has 2 aromatic rings. The average Bonchev–Trinajstić information content (AvgIpc) is 2.86. The number of fused-ring (bicyclic) bond motifs is 1. The molecular weight excluding hydrogens is 234 g/mol. The van der Waals surface area contributed by atoms with Crippen LogP contribution < -0.4 is 4.90 Å². The summed E-state index contributed by atoms with van der Waals surface area (Å²) >= 11 is 0. The number of hydrogen-bond acceptors (Lipinski definition) is 5. The Bertz CT molecular complexity index is 588. The van der Waals surface area contributed by atoms with Gasteiger partial charge in [0.2, 0.25) is 0 Å². The van der Waals surface area contributed by atoms with Crippen LogP contribution in [0.5, 0.6) is 0 Å². The Morgan fingerprint density at radius 3 is 2.78 bits per heavy atom. The molecule has 3 heterocycles. The van der Waals surface area contributed by atoms with Gasteiger partial charge in [0.1, 0.15) is 12.1 Å². The summed E-state index contributed by atoms with van der Waals surface area (Å²) in [5, 5.41) is 13.2. The van der Waals surface area contributed by atoms with Crippen LogP contribution in [0.1, 0.15) is 29.8 Å². The normalized spacial score (nSPS) is 16.1. The van der Waals surface area contributed by atoms with Gasteiger partial charge in [-0.05, 0) is 19.3 Å². The second kappa shape index (κ2) is 4.25. The third kappa shape index (κ3) is 1.77. The van der Waals surface area contributed by atoms with Crippen molar-refractivity contribution in [2.45, 2.75) is 19.3 Å². The highest BCUT2D eigenvalue weighted by atomic mass is 16.4. The van der Waals surface area contributed by atoms with Crippen LogP contribution >= 0.6 is 0 Å². The predicted octanol–water partition coefficient (Wildman–Crippen LogP) is 0.813. The van der Waals surface area contributed by atoms with Crippen LogP contribution in [0.3, 0.4) is 0 Å². The maximum absolute atomic E-state index is 11.1. The molecule has 0 amide bonds. The van der Waals surface area contributed by atoms with Gasteiger partial charge < -0.3 is 10.0 Å². The Kier molecular flexibility index (Phi) is 2.58. The Labute approximate surface area is 103 Å². The molecule has 3 rings (SSSR count). The number of carboxylic acid groups (broad SMARTS) is 1. The van der Waals surface area contributed by atoms with Crippen LogP contribution in [0.4, 0.5) is 5.82 Å². The zero-order chi connectivity index (χ0) is 12.5. The molecule has 0 atom stereocenters. The van der Waals surface area contributed by atoms with Gasteiger partial charge in [-0.25, -0.2) is 9.78 Å². The van der Waals surface area contributed by atoms with Crippen LogP contribution in [0.25, 0.3) is 5.78 Å². The van der Waals surface area contributed by atoms with Crippen LogP contribution in [0.15, 0.2) is 12.4 Å². The molecule has 1 fully saturated rings. The summed E-state index contributed by atoms with van der Waals surface area (Å²) in [6, 6.07) is 1.56. The smallest absolute Gasteiger partial charge is 0.354 e. The van der Waals surface area contributed by atoms with Gasteiger partial charge in [-0.1, -0.05) is 0 Å². The van der Waals surface area contributed by atoms with Crippen LogP contribution in [-0.4, -0.2) is 43.7 Å². The molecule has 1 aliphatic heterocycles. The number of carbonyl (C=O) groups is 1. The molecular formula is C11H13N5O2. The van der Waals surface area contributed by atoms with Crippen LogP contribution in [-0.2, 0) is 0 Å². The summed E-state index contributed by atoms with van der Waals surface area (Å²) in [5.41, 5.74) is 0.0103. The monoisotopic (exact) mass is 247 g/mol. The van der Waals surface area contributed by atoms with Gasteiger partial charge in [0.15, 0.2) is 5.69 Å². The molecule has 0 radical (unpaired) electrons. The Hall–Kier alpha value is -2.18. The Morgan fingerprint density at radius 2 is 2.06 bits per heavy atom. The fraction of sp³-hybridized carbons (Fsp3) is 0.455. The Balaban J connectivity index is 2.12. The van der Waals surface area contributed by atoms with Crippen molar-refractivity contribution in [3.05, 3.63) is 18.1 Å². The molecule has 1 aliphatic rings. The number of hydrogen-bond donors (Lipinski definition) is 1. The van der Waals surface area contributed by atoms with Gasteiger partial charge in [-0.15, -0.1) is 0 Å². The molecule has 0 spiro atoms. The topological polar surface area (TPSA) is 83.6 Å². The highest BCUT2D eigenvalue weighted by molar-refractivity contribution is 5.86. The summed E-state index contributed by atoms with van der Waals surface area (Å²) in [5.74, 6) is 0.0452. The minimum absolute atomic E-state index is 0.0103. The second-order valence-electron chi connectivity index (χ2n) is 4.32. The van der Waals surface area contributed by atoms with Gasteiger partial charge in [0, 0.05) is 19.2 Å². The summed E-state index contributed by atoms with van der Waals surface area (Å²) in [6.07, 6.45) is 4.83. The van der Waals surface area contributed by atoms with Crippen molar-refractivity contribution in [3.8, 4) is 0 Å². The molecule has 1 N–H and O–H groups in total. The molecule has 1 saturated heterocycles. The van der Waals surface area contributed by atoms with Gasteiger partial charge >= 0.3 is 5.97 Å². The van der Waals surface area contributed by atoms with Gasteiger partial charge in [-0.3, -0.25) is 0 Å². The molecule has 0 bridgehead atoms. The van der Waals surface area contributed by atoms with E-state index >= 15 is 0 Å². The first-order valence-electron chi connectivity index (χ1n) is 5.95. The molecule has 0 aliphatic carbocycles. The van der Waals surface area contributed by atoms with Crippen molar-refractivity contribution in [1.29, 1.82) is 0 Å².